The van der Waals surface area contributed by atoms with Crippen molar-refractivity contribution in [3.63, 3.8) is 0 Å². The predicted molar refractivity (Wildman–Crippen MR) is 79.0 cm³/mol. The van der Waals surface area contributed by atoms with Gasteiger partial charge in [-0.25, -0.2) is 0 Å². The molecule has 0 bridgehead atoms. The van der Waals surface area contributed by atoms with E-state index in [9.17, 15) is 14.7 Å². The van der Waals surface area contributed by atoms with Gasteiger partial charge in [0.25, 0.3) is 0 Å². The first-order chi connectivity index (χ1) is 9.58. The summed E-state index contributed by atoms with van der Waals surface area (Å²) in [4.78, 5) is 23.4. The van der Waals surface area contributed by atoms with E-state index < -0.39 is 6.10 Å². The van der Waals surface area contributed by atoms with E-state index >= 15 is 0 Å². The maximum Gasteiger partial charge on any atom is 0.307 e. The average Bonchev–Trinajstić information content (AvgIpc) is 2.73. The maximum atomic E-state index is 11.8. The molecule has 0 aliphatic heterocycles. The minimum Gasteiger partial charge on any atom is -0.391 e. The van der Waals surface area contributed by atoms with E-state index in [-0.39, 0.29) is 16.8 Å². The Morgan fingerprint density at radius 3 is 2.90 bits per heavy atom. The van der Waals surface area contributed by atoms with Gasteiger partial charge >= 0.3 is 4.87 Å². The van der Waals surface area contributed by atoms with Crippen molar-refractivity contribution in [2.24, 2.45) is 0 Å². The highest BCUT2D eigenvalue weighted by molar-refractivity contribution is 7.07. The van der Waals surface area contributed by atoms with Crippen LogP contribution in [0.5, 0.6) is 0 Å². The minimum absolute atomic E-state index is 0.0307. The molecule has 1 amide bonds. The molecule has 1 aliphatic carbocycles. The molecule has 0 unspecified atom stereocenters. The van der Waals surface area contributed by atoms with E-state index in [4.69, 9.17) is 0 Å². The molecule has 1 aromatic heterocycles. The van der Waals surface area contributed by atoms with Crippen molar-refractivity contribution in [3.05, 3.63) is 20.7 Å². The molecule has 112 valence electrons. The number of carbonyl (C=O) groups excluding carboxylic acids is 1. The van der Waals surface area contributed by atoms with Gasteiger partial charge in [0.15, 0.2) is 0 Å². The predicted octanol–water partition coefficient (Wildman–Crippen LogP) is 1.42. The lowest BCUT2D eigenvalue weighted by Gasteiger charge is -2.28. The summed E-state index contributed by atoms with van der Waals surface area (Å²) in [6.45, 7) is 2.48. The molecule has 2 rings (SSSR count). The third-order valence-corrected chi connectivity index (χ3v) is 4.72. The number of nitrogens with zero attached hydrogens (tertiary/aromatic N) is 1. The van der Waals surface area contributed by atoms with Crippen molar-refractivity contribution in [3.8, 4) is 0 Å². The van der Waals surface area contributed by atoms with E-state index in [1.54, 1.807) is 4.57 Å². The number of thiazole rings is 1. The van der Waals surface area contributed by atoms with Crippen LogP contribution in [0.15, 0.2) is 10.2 Å². The molecule has 1 heterocycles. The van der Waals surface area contributed by atoms with Crippen molar-refractivity contribution in [1.82, 2.24) is 9.88 Å². The molecule has 5 nitrogen and oxygen atoms in total. The van der Waals surface area contributed by atoms with Gasteiger partial charge in [-0.2, -0.15) is 0 Å². The lowest BCUT2D eigenvalue weighted by Crippen LogP contribution is -2.45. The normalized spacial score (nSPS) is 22.7. The van der Waals surface area contributed by atoms with Crippen molar-refractivity contribution >= 4 is 17.2 Å². The summed E-state index contributed by atoms with van der Waals surface area (Å²) in [5.74, 6) is -0.0307. The van der Waals surface area contributed by atoms with E-state index in [0.717, 1.165) is 31.4 Å². The second-order valence-corrected chi connectivity index (χ2v) is 6.24. The highest BCUT2D eigenvalue weighted by atomic mass is 32.1. The van der Waals surface area contributed by atoms with E-state index in [1.165, 1.54) is 11.3 Å². The highest BCUT2D eigenvalue weighted by Gasteiger charge is 2.24. The third-order valence-electron chi connectivity index (χ3n) is 3.84. The number of hydrogen-bond acceptors (Lipinski definition) is 4. The van der Waals surface area contributed by atoms with Crippen LogP contribution in [-0.2, 0) is 11.3 Å². The van der Waals surface area contributed by atoms with Crippen LogP contribution in [0.3, 0.4) is 0 Å². The molecule has 2 atom stereocenters. The zero-order chi connectivity index (χ0) is 14.5. The van der Waals surface area contributed by atoms with Gasteiger partial charge in [-0.05, 0) is 26.2 Å². The summed E-state index contributed by atoms with van der Waals surface area (Å²) in [7, 11) is 0. The molecular formula is C14H22N2O3S. The fraction of sp³-hybridized carbons (Fsp3) is 0.714. The molecule has 0 aromatic carbocycles. The molecule has 0 saturated heterocycles. The van der Waals surface area contributed by atoms with E-state index in [1.807, 2.05) is 12.3 Å². The number of aliphatic hydroxyl groups is 1. The summed E-state index contributed by atoms with van der Waals surface area (Å²) >= 11 is 1.19. The number of aromatic nitrogens is 1. The summed E-state index contributed by atoms with van der Waals surface area (Å²) in [6, 6.07) is -0.0955. The summed E-state index contributed by atoms with van der Waals surface area (Å²) in [6.07, 6.45) is 4.36. The average molecular weight is 298 g/mol. The number of amides is 1. The third kappa shape index (κ3) is 3.93. The van der Waals surface area contributed by atoms with Crippen LogP contribution >= 0.6 is 11.3 Å². The Morgan fingerprint density at radius 1 is 1.50 bits per heavy atom. The molecule has 0 radical (unpaired) electrons. The maximum absolute atomic E-state index is 11.8. The first-order valence-electron chi connectivity index (χ1n) is 7.20. The zero-order valence-corrected chi connectivity index (χ0v) is 12.6. The Hall–Kier alpha value is -1.14. The Bertz CT molecular complexity index is 509. The Balaban J connectivity index is 1.74. The number of hydrogen-bond donors (Lipinski definition) is 2. The SMILES string of the molecule is Cc1csc(=O)n1CCCC(=O)N[C@H]1CCCC[C@@H]1O. The summed E-state index contributed by atoms with van der Waals surface area (Å²) in [5.41, 5.74) is 0.947. The van der Waals surface area contributed by atoms with E-state index in [0.29, 0.717) is 19.4 Å². The number of rotatable bonds is 5. The van der Waals surface area contributed by atoms with Crippen LogP contribution in [0.25, 0.3) is 0 Å². The van der Waals surface area contributed by atoms with Gasteiger partial charge < -0.3 is 15.0 Å². The van der Waals surface area contributed by atoms with Crippen molar-refractivity contribution in [1.29, 1.82) is 0 Å². The van der Waals surface area contributed by atoms with Gasteiger partial charge in [-0.3, -0.25) is 9.59 Å². The van der Waals surface area contributed by atoms with Gasteiger partial charge in [-0.1, -0.05) is 24.2 Å². The Morgan fingerprint density at radius 2 is 2.25 bits per heavy atom. The molecule has 20 heavy (non-hydrogen) atoms. The topological polar surface area (TPSA) is 71.3 Å². The van der Waals surface area contributed by atoms with Gasteiger partial charge in [0.05, 0.1) is 12.1 Å². The fourth-order valence-corrected chi connectivity index (χ4v) is 3.39. The minimum atomic E-state index is -0.408. The first kappa shape index (κ1) is 15.3. The molecule has 6 heteroatoms. The molecule has 1 fully saturated rings. The van der Waals surface area contributed by atoms with Crippen LogP contribution in [0, 0.1) is 6.92 Å². The second kappa shape index (κ2) is 7.04. The van der Waals surface area contributed by atoms with Gasteiger partial charge in [-0.15, -0.1) is 0 Å². The summed E-state index contributed by atoms with van der Waals surface area (Å²) in [5, 5.41) is 14.5. The van der Waals surface area contributed by atoms with Crippen molar-refractivity contribution < 1.29 is 9.90 Å². The summed E-state index contributed by atoms with van der Waals surface area (Å²) < 4.78 is 1.70. The lowest BCUT2D eigenvalue weighted by molar-refractivity contribution is -0.123. The molecule has 1 aliphatic rings. The smallest absolute Gasteiger partial charge is 0.307 e. The largest absolute Gasteiger partial charge is 0.391 e. The molecule has 0 spiro atoms. The standard InChI is InChI=1S/C14H22N2O3S/c1-10-9-20-14(19)16(10)8-4-7-13(18)15-11-5-2-3-6-12(11)17/h9,11-12,17H,2-8H2,1H3,(H,15,18)/t11-,12-/m0/s1. The van der Waals surface area contributed by atoms with Crippen LogP contribution in [0.2, 0.25) is 0 Å². The van der Waals surface area contributed by atoms with Gasteiger partial charge in [0, 0.05) is 24.0 Å². The van der Waals surface area contributed by atoms with Crippen LogP contribution < -0.4 is 10.2 Å². The number of aliphatic hydroxyl groups excluding tert-OH is 1. The van der Waals surface area contributed by atoms with Crippen LogP contribution in [0.1, 0.15) is 44.2 Å². The Kier molecular flexibility index (Phi) is 5.37. The van der Waals surface area contributed by atoms with Gasteiger partial charge in [0.2, 0.25) is 5.91 Å². The number of nitrogens with one attached hydrogen (secondary N) is 1. The number of carbonyl (C=O) groups is 1. The van der Waals surface area contributed by atoms with Gasteiger partial charge in [0.1, 0.15) is 0 Å². The first-order valence-corrected chi connectivity index (χ1v) is 8.08. The molecular weight excluding hydrogens is 276 g/mol. The lowest BCUT2D eigenvalue weighted by atomic mass is 9.92. The van der Waals surface area contributed by atoms with Crippen molar-refractivity contribution in [2.45, 2.75) is 64.1 Å². The quantitative estimate of drug-likeness (QED) is 0.863. The molecule has 1 aromatic rings. The number of aryl methyl sites for hydroxylation is 1. The van der Waals surface area contributed by atoms with Crippen molar-refractivity contribution in [2.75, 3.05) is 0 Å². The Labute approximate surface area is 122 Å². The second-order valence-electron chi connectivity index (χ2n) is 5.42. The van der Waals surface area contributed by atoms with Crippen LogP contribution in [-0.4, -0.2) is 27.7 Å². The monoisotopic (exact) mass is 298 g/mol. The van der Waals surface area contributed by atoms with Crippen LogP contribution in [0.4, 0.5) is 0 Å². The zero-order valence-electron chi connectivity index (χ0n) is 11.8. The highest BCUT2D eigenvalue weighted by Crippen LogP contribution is 2.18. The molecule has 2 N–H and O–H groups in total. The fourth-order valence-electron chi connectivity index (χ4n) is 2.63. The van der Waals surface area contributed by atoms with E-state index in [2.05, 4.69) is 5.32 Å². The molecule has 1 saturated carbocycles.